The first-order chi connectivity index (χ1) is 9.69. The van der Waals surface area contributed by atoms with Gasteiger partial charge in [0.15, 0.2) is 0 Å². The summed E-state index contributed by atoms with van der Waals surface area (Å²) in [5.74, 6) is 0. The Morgan fingerprint density at radius 1 is 1.35 bits per heavy atom. The van der Waals surface area contributed by atoms with Crippen LogP contribution in [0.5, 0.6) is 0 Å². The van der Waals surface area contributed by atoms with Gasteiger partial charge in [0.1, 0.15) is 5.01 Å². The summed E-state index contributed by atoms with van der Waals surface area (Å²) in [6, 6.07) is 11.1. The number of nitrogens with zero attached hydrogens (tertiary/aromatic N) is 2. The number of nitrogens with one attached hydrogen (secondary N) is 1. The maximum absolute atomic E-state index is 4.47. The van der Waals surface area contributed by atoms with Crippen LogP contribution in [-0.2, 0) is 5.54 Å². The Hall–Kier alpha value is -1.23. The monoisotopic (exact) mass is 287 g/mol. The molecule has 0 saturated carbocycles. The van der Waals surface area contributed by atoms with E-state index in [1.54, 1.807) is 11.3 Å². The van der Waals surface area contributed by atoms with Gasteiger partial charge in [-0.3, -0.25) is 4.90 Å². The third kappa shape index (κ3) is 2.64. The van der Waals surface area contributed by atoms with Gasteiger partial charge in [0, 0.05) is 31.2 Å². The molecule has 2 atom stereocenters. The van der Waals surface area contributed by atoms with Gasteiger partial charge in [-0.05, 0) is 19.4 Å². The van der Waals surface area contributed by atoms with E-state index in [0.29, 0.717) is 6.04 Å². The van der Waals surface area contributed by atoms with Crippen molar-refractivity contribution < 1.29 is 0 Å². The van der Waals surface area contributed by atoms with Crippen LogP contribution in [0.1, 0.15) is 30.5 Å². The minimum absolute atomic E-state index is 0.0189. The summed E-state index contributed by atoms with van der Waals surface area (Å²) in [6.45, 7) is 7.65. The lowest BCUT2D eigenvalue weighted by Crippen LogP contribution is -2.57. The fraction of sp³-hybridized carbons (Fsp3) is 0.438. The van der Waals surface area contributed by atoms with Crippen molar-refractivity contribution in [3.05, 3.63) is 52.5 Å². The molecule has 1 aliphatic heterocycles. The van der Waals surface area contributed by atoms with Crippen LogP contribution in [0.15, 0.2) is 41.9 Å². The molecule has 106 valence electrons. The molecule has 1 N–H and O–H groups in total. The van der Waals surface area contributed by atoms with Gasteiger partial charge < -0.3 is 5.32 Å². The molecule has 2 unspecified atom stereocenters. The second-order valence-corrected chi connectivity index (χ2v) is 6.57. The van der Waals surface area contributed by atoms with Gasteiger partial charge in [0.25, 0.3) is 0 Å². The van der Waals surface area contributed by atoms with Gasteiger partial charge in [-0.15, -0.1) is 11.3 Å². The SMILES string of the molecule is CC(c1nccs1)N1CCNC(C)(c2ccccc2)C1. The quantitative estimate of drug-likeness (QED) is 0.940. The van der Waals surface area contributed by atoms with Crippen LogP contribution in [-0.4, -0.2) is 29.5 Å². The van der Waals surface area contributed by atoms with Crippen molar-refractivity contribution in [3.63, 3.8) is 0 Å². The number of thiazole rings is 1. The number of hydrogen-bond donors (Lipinski definition) is 1. The average molecular weight is 287 g/mol. The summed E-state index contributed by atoms with van der Waals surface area (Å²) >= 11 is 1.75. The largest absolute Gasteiger partial charge is 0.305 e. The van der Waals surface area contributed by atoms with Crippen molar-refractivity contribution in [3.8, 4) is 0 Å². The summed E-state index contributed by atoms with van der Waals surface area (Å²) in [5.41, 5.74) is 1.38. The normalized spacial score (nSPS) is 25.5. The van der Waals surface area contributed by atoms with Crippen LogP contribution in [0, 0.1) is 0 Å². The smallest absolute Gasteiger partial charge is 0.109 e. The number of piperazine rings is 1. The van der Waals surface area contributed by atoms with Gasteiger partial charge in [-0.1, -0.05) is 30.3 Å². The van der Waals surface area contributed by atoms with Crippen LogP contribution in [0.4, 0.5) is 0 Å². The fourth-order valence-corrected chi connectivity index (χ4v) is 3.67. The molecule has 1 aromatic heterocycles. The van der Waals surface area contributed by atoms with E-state index in [4.69, 9.17) is 0 Å². The highest BCUT2D eigenvalue weighted by Crippen LogP contribution is 2.30. The molecule has 1 saturated heterocycles. The molecular formula is C16H21N3S. The molecule has 2 aromatic rings. The molecule has 1 aliphatic rings. The fourth-order valence-electron chi connectivity index (χ4n) is 2.94. The maximum Gasteiger partial charge on any atom is 0.109 e. The van der Waals surface area contributed by atoms with Crippen molar-refractivity contribution in [1.82, 2.24) is 15.2 Å². The molecule has 4 heteroatoms. The number of hydrogen-bond acceptors (Lipinski definition) is 4. The Labute approximate surface area is 124 Å². The molecule has 0 spiro atoms. The van der Waals surface area contributed by atoms with E-state index in [2.05, 4.69) is 64.8 Å². The molecular weight excluding hydrogens is 266 g/mol. The molecule has 2 heterocycles. The van der Waals surface area contributed by atoms with E-state index in [1.807, 2.05) is 6.20 Å². The molecule has 1 fully saturated rings. The molecule has 0 radical (unpaired) electrons. The lowest BCUT2D eigenvalue weighted by atomic mass is 9.89. The Morgan fingerprint density at radius 2 is 2.15 bits per heavy atom. The van der Waals surface area contributed by atoms with Gasteiger partial charge in [0.2, 0.25) is 0 Å². The van der Waals surface area contributed by atoms with E-state index in [9.17, 15) is 0 Å². The van der Waals surface area contributed by atoms with Crippen molar-refractivity contribution in [2.24, 2.45) is 0 Å². The van der Waals surface area contributed by atoms with E-state index in [1.165, 1.54) is 10.6 Å². The topological polar surface area (TPSA) is 28.2 Å². The molecule has 3 nitrogen and oxygen atoms in total. The highest BCUT2D eigenvalue weighted by molar-refractivity contribution is 7.09. The van der Waals surface area contributed by atoms with E-state index in [-0.39, 0.29) is 5.54 Å². The second-order valence-electron chi connectivity index (χ2n) is 5.64. The van der Waals surface area contributed by atoms with Crippen LogP contribution in [0.2, 0.25) is 0 Å². The maximum atomic E-state index is 4.47. The minimum Gasteiger partial charge on any atom is -0.305 e. The number of aromatic nitrogens is 1. The van der Waals surface area contributed by atoms with E-state index >= 15 is 0 Å². The highest BCUT2D eigenvalue weighted by atomic mass is 32.1. The predicted molar refractivity (Wildman–Crippen MR) is 83.9 cm³/mol. The molecule has 0 aliphatic carbocycles. The van der Waals surface area contributed by atoms with Crippen LogP contribution in [0.25, 0.3) is 0 Å². The molecule has 3 rings (SSSR count). The van der Waals surface area contributed by atoms with E-state index < -0.39 is 0 Å². The number of benzene rings is 1. The minimum atomic E-state index is 0.0189. The summed E-state index contributed by atoms with van der Waals surface area (Å²) in [4.78, 5) is 7.00. The zero-order chi connectivity index (χ0) is 14.0. The van der Waals surface area contributed by atoms with Gasteiger partial charge in [0.05, 0.1) is 11.6 Å². The highest BCUT2D eigenvalue weighted by Gasteiger charge is 2.34. The van der Waals surface area contributed by atoms with Crippen LogP contribution < -0.4 is 5.32 Å². The van der Waals surface area contributed by atoms with Gasteiger partial charge >= 0.3 is 0 Å². The lowest BCUT2D eigenvalue weighted by Gasteiger charge is -2.44. The first-order valence-corrected chi connectivity index (χ1v) is 8.01. The van der Waals surface area contributed by atoms with Crippen molar-refractivity contribution in [2.75, 3.05) is 19.6 Å². The third-order valence-electron chi connectivity index (χ3n) is 4.20. The van der Waals surface area contributed by atoms with Crippen molar-refractivity contribution in [2.45, 2.75) is 25.4 Å². The van der Waals surface area contributed by atoms with Crippen LogP contribution in [0.3, 0.4) is 0 Å². The Morgan fingerprint density at radius 3 is 2.85 bits per heavy atom. The standard InChI is InChI=1S/C16H21N3S/c1-13(15-17-9-11-20-15)19-10-8-18-16(2,12-19)14-6-4-3-5-7-14/h3-7,9,11,13,18H,8,10,12H2,1-2H3. The molecule has 0 amide bonds. The third-order valence-corrected chi connectivity index (χ3v) is 5.15. The van der Waals surface area contributed by atoms with Crippen molar-refractivity contribution >= 4 is 11.3 Å². The first kappa shape index (κ1) is 13.7. The molecule has 1 aromatic carbocycles. The Balaban J connectivity index is 1.80. The Kier molecular flexibility index (Phi) is 3.87. The average Bonchev–Trinajstić information content (AvgIpc) is 3.02. The summed E-state index contributed by atoms with van der Waals surface area (Å²) in [5, 5.41) is 6.95. The second kappa shape index (κ2) is 5.64. The summed E-state index contributed by atoms with van der Waals surface area (Å²) in [7, 11) is 0. The van der Waals surface area contributed by atoms with Crippen molar-refractivity contribution in [1.29, 1.82) is 0 Å². The number of rotatable bonds is 3. The van der Waals surface area contributed by atoms with Gasteiger partial charge in [-0.2, -0.15) is 0 Å². The van der Waals surface area contributed by atoms with Gasteiger partial charge in [-0.25, -0.2) is 4.98 Å². The van der Waals surface area contributed by atoms with E-state index in [0.717, 1.165) is 19.6 Å². The summed E-state index contributed by atoms with van der Waals surface area (Å²) in [6.07, 6.45) is 1.90. The summed E-state index contributed by atoms with van der Waals surface area (Å²) < 4.78 is 0. The lowest BCUT2D eigenvalue weighted by molar-refractivity contribution is 0.106. The Bertz CT molecular complexity index is 540. The van der Waals surface area contributed by atoms with Crippen LogP contribution >= 0.6 is 11.3 Å². The first-order valence-electron chi connectivity index (χ1n) is 7.13. The zero-order valence-electron chi connectivity index (χ0n) is 12.0. The zero-order valence-corrected chi connectivity index (χ0v) is 12.9. The molecule has 20 heavy (non-hydrogen) atoms. The molecule has 0 bridgehead atoms. The predicted octanol–water partition coefficient (Wildman–Crippen LogP) is 3.02.